The van der Waals surface area contributed by atoms with Crippen LogP contribution in [0.1, 0.15) is 5.56 Å². The van der Waals surface area contributed by atoms with Crippen molar-refractivity contribution < 1.29 is 25.2 Å². The lowest BCUT2D eigenvalue weighted by Crippen LogP contribution is -2.27. The molecule has 2 aromatic rings. The lowest BCUT2D eigenvalue weighted by atomic mass is 10.2. The van der Waals surface area contributed by atoms with E-state index in [0.717, 1.165) is 11.8 Å². The molecular formula is C16H11NO5S2. The molecule has 122 valence electrons. The first kappa shape index (κ1) is 16.2. The molecule has 0 spiro atoms. The fourth-order valence-electron chi connectivity index (χ4n) is 2.12. The number of hydrogen-bond donors (Lipinski definition) is 4. The molecule has 24 heavy (non-hydrogen) atoms. The molecule has 1 saturated heterocycles. The van der Waals surface area contributed by atoms with Gasteiger partial charge in [-0.3, -0.25) is 9.69 Å². The van der Waals surface area contributed by atoms with Gasteiger partial charge in [-0.2, -0.15) is 0 Å². The number of nitrogens with zero attached hydrogens (tertiary/aromatic N) is 1. The topological polar surface area (TPSA) is 101 Å². The van der Waals surface area contributed by atoms with Gasteiger partial charge in [0.15, 0.2) is 27.3 Å². The van der Waals surface area contributed by atoms with Crippen LogP contribution in [0.2, 0.25) is 0 Å². The molecule has 0 radical (unpaired) electrons. The van der Waals surface area contributed by atoms with E-state index in [0.29, 0.717) is 16.2 Å². The van der Waals surface area contributed by atoms with Gasteiger partial charge in [-0.1, -0.05) is 30.0 Å². The van der Waals surface area contributed by atoms with E-state index in [1.165, 1.54) is 35.2 Å². The number of aromatic hydroxyl groups is 4. The number of thioether (sulfide) groups is 1. The summed E-state index contributed by atoms with van der Waals surface area (Å²) >= 11 is 6.28. The first-order valence-electron chi connectivity index (χ1n) is 6.69. The van der Waals surface area contributed by atoms with E-state index < -0.39 is 0 Å². The summed E-state index contributed by atoms with van der Waals surface area (Å²) < 4.78 is 0.277. The first-order chi connectivity index (χ1) is 11.4. The molecule has 1 fully saturated rings. The van der Waals surface area contributed by atoms with Crippen molar-refractivity contribution in [1.29, 1.82) is 0 Å². The average Bonchev–Trinajstić information content (AvgIpc) is 2.80. The van der Waals surface area contributed by atoms with Gasteiger partial charge in [0.25, 0.3) is 5.91 Å². The second-order valence-corrected chi connectivity index (χ2v) is 6.61. The first-order valence-corrected chi connectivity index (χ1v) is 7.91. The number of phenols is 4. The number of phenolic OH excluding ortho intramolecular Hbond substituents is 4. The Morgan fingerprint density at radius 1 is 0.917 bits per heavy atom. The van der Waals surface area contributed by atoms with Crippen LogP contribution in [-0.4, -0.2) is 30.7 Å². The smallest absolute Gasteiger partial charge is 0.270 e. The van der Waals surface area contributed by atoms with Crippen molar-refractivity contribution in [3.8, 4) is 23.0 Å². The van der Waals surface area contributed by atoms with E-state index in [9.17, 15) is 25.2 Å². The van der Waals surface area contributed by atoms with Gasteiger partial charge in [0, 0.05) is 6.07 Å². The second kappa shape index (κ2) is 6.06. The van der Waals surface area contributed by atoms with Crippen LogP contribution in [0, 0.1) is 0 Å². The predicted molar refractivity (Wildman–Crippen MR) is 95.2 cm³/mol. The highest BCUT2D eigenvalue weighted by Gasteiger charge is 2.33. The van der Waals surface area contributed by atoms with Crippen molar-refractivity contribution in [3.05, 3.63) is 46.9 Å². The quantitative estimate of drug-likeness (QED) is 0.371. The molecular weight excluding hydrogens is 350 g/mol. The standard InChI is InChI=1S/C16H11NO5S2/c18-10-3-1-8(5-12(10)20)6-14-15(22)17(16(23)24-14)9-2-4-11(19)13(21)7-9/h1-7,18-21H/b14-6+. The van der Waals surface area contributed by atoms with E-state index in [-0.39, 0.29) is 33.2 Å². The Morgan fingerprint density at radius 3 is 2.17 bits per heavy atom. The monoisotopic (exact) mass is 361 g/mol. The number of anilines is 1. The molecule has 3 rings (SSSR count). The number of amides is 1. The molecule has 0 bridgehead atoms. The maximum Gasteiger partial charge on any atom is 0.270 e. The largest absolute Gasteiger partial charge is 0.504 e. The van der Waals surface area contributed by atoms with E-state index >= 15 is 0 Å². The van der Waals surface area contributed by atoms with E-state index in [1.54, 1.807) is 12.1 Å². The molecule has 0 saturated carbocycles. The zero-order valence-electron chi connectivity index (χ0n) is 12.0. The third-order valence-corrected chi connectivity index (χ3v) is 4.61. The van der Waals surface area contributed by atoms with Gasteiger partial charge in [-0.15, -0.1) is 0 Å². The molecule has 0 atom stereocenters. The van der Waals surface area contributed by atoms with Crippen LogP contribution in [0.5, 0.6) is 23.0 Å². The number of rotatable bonds is 2. The van der Waals surface area contributed by atoms with Crippen LogP contribution in [0.15, 0.2) is 41.3 Å². The van der Waals surface area contributed by atoms with E-state index in [2.05, 4.69) is 0 Å². The van der Waals surface area contributed by atoms with E-state index in [4.69, 9.17) is 12.2 Å². The zero-order valence-corrected chi connectivity index (χ0v) is 13.6. The number of thiocarbonyl (C=S) groups is 1. The summed E-state index contributed by atoms with van der Waals surface area (Å²) in [5, 5.41) is 37.8. The Hall–Kier alpha value is -2.71. The summed E-state index contributed by atoms with van der Waals surface area (Å²) in [5.74, 6) is -1.57. The molecule has 0 aliphatic carbocycles. The third-order valence-electron chi connectivity index (χ3n) is 3.31. The number of carbonyl (C=O) groups excluding carboxylic acids is 1. The minimum Gasteiger partial charge on any atom is -0.504 e. The Bertz CT molecular complexity index is 894. The number of carbonyl (C=O) groups is 1. The average molecular weight is 361 g/mol. The van der Waals surface area contributed by atoms with Crippen molar-refractivity contribution in [2.24, 2.45) is 0 Å². The minimum atomic E-state index is -0.386. The Balaban J connectivity index is 1.94. The van der Waals surface area contributed by atoms with Crippen LogP contribution in [-0.2, 0) is 4.79 Å². The van der Waals surface area contributed by atoms with E-state index in [1.807, 2.05) is 0 Å². The van der Waals surface area contributed by atoms with Crippen LogP contribution >= 0.6 is 24.0 Å². The molecule has 8 heteroatoms. The Kier molecular flexibility index (Phi) is 4.08. The summed E-state index contributed by atoms with van der Waals surface area (Å²) in [5.41, 5.74) is 0.865. The molecule has 1 aliphatic heterocycles. The van der Waals surface area contributed by atoms with Gasteiger partial charge < -0.3 is 20.4 Å². The van der Waals surface area contributed by atoms with Gasteiger partial charge in [0.2, 0.25) is 0 Å². The van der Waals surface area contributed by atoms with Crippen molar-refractivity contribution in [2.45, 2.75) is 0 Å². The van der Waals surface area contributed by atoms with Crippen LogP contribution in [0.3, 0.4) is 0 Å². The van der Waals surface area contributed by atoms with Gasteiger partial charge in [-0.05, 0) is 35.9 Å². The van der Waals surface area contributed by atoms with Gasteiger partial charge in [-0.25, -0.2) is 0 Å². The molecule has 0 aromatic heterocycles. The Morgan fingerprint density at radius 2 is 1.54 bits per heavy atom. The normalized spacial score (nSPS) is 16.2. The molecule has 1 amide bonds. The highest BCUT2D eigenvalue weighted by Crippen LogP contribution is 2.39. The fraction of sp³-hybridized carbons (Fsp3) is 0. The summed E-state index contributed by atoms with van der Waals surface area (Å²) in [4.78, 5) is 14.1. The maximum atomic E-state index is 12.6. The minimum absolute atomic E-state index is 0.251. The van der Waals surface area contributed by atoms with Crippen LogP contribution < -0.4 is 4.90 Å². The van der Waals surface area contributed by atoms with Crippen molar-refractivity contribution in [1.82, 2.24) is 0 Å². The van der Waals surface area contributed by atoms with Crippen molar-refractivity contribution in [2.75, 3.05) is 4.90 Å². The van der Waals surface area contributed by atoms with Gasteiger partial charge in [0.1, 0.15) is 0 Å². The lowest BCUT2D eigenvalue weighted by Gasteiger charge is -2.14. The van der Waals surface area contributed by atoms with Crippen molar-refractivity contribution in [3.63, 3.8) is 0 Å². The fourth-order valence-corrected chi connectivity index (χ4v) is 3.42. The summed E-state index contributed by atoms with van der Waals surface area (Å²) in [6, 6.07) is 8.18. The predicted octanol–water partition coefficient (Wildman–Crippen LogP) is 2.91. The summed E-state index contributed by atoms with van der Waals surface area (Å²) in [6.07, 6.45) is 1.54. The third kappa shape index (κ3) is 2.89. The maximum absolute atomic E-state index is 12.6. The lowest BCUT2D eigenvalue weighted by molar-refractivity contribution is -0.113. The van der Waals surface area contributed by atoms with Crippen LogP contribution in [0.25, 0.3) is 6.08 Å². The zero-order chi connectivity index (χ0) is 17.4. The SMILES string of the molecule is O=C1/C(=C\c2ccc(O)c(O)c2)SC(=S)N1c1ccc(O)c(O)c1. The summed E-state index contributed by atoms with van der Waals surface area (Å²) in [7, 11) is 0. The Labute approximate surface area is 146 Å². The molecule has 2 aromatic carbocycles. The molecule has 0 unspecified atom stereocenters. The van der Waals surface area contributed by atoms with Crippen LogP contribution in [0.4, 0.5) is 5.69 Å². The number of benzene rings is 2. The highest BCUT2D eigenvalue weighted by molar-refractivity contribution is 8.27. The molecule has 4 N–H and O–H groups in total. The second-order valence-electron chi connectivity index (χ2n) is 4.94. The molecule has 1 heterocycles. The highest BCUT2D eigenvalue weighted by atomic mass is 32.2. The molecule has 6 nitrogen and oxygen atoms in total. The van der Waals surface area contributed by atoms with Gasteiger partial charge in [0.05, 0.1) is 10.6 Å². The summed E-state index contributed by atoms with van der Waals surface area (Å²) in [6.45, 7) is 0. The van der Waals surface area contributed by atoms with Crippen molar-refractivity contribution >= 4 is 46.0 Å². The number of hydrogen-bond acceptors (Lipinski definition) is 7. The molecule has 1 aliphatic rings. The van der Waals surface area contributed by atoms with Gasteiger partial charge >= 0.3 is 0 Å².